The van der Waals surface area contributed by atoms with Crippen LogP contribution in [0, 0.1) is 0 Å². The molecule has 0 spiro atoms. The summed E-state index contributed by atoms with van der Waals surface area (Å²) >= 11 is 0. The van der Waals surface area contributed by atoms with Crippen molar-refractivity contribution in [2.24, 2.45) is 4.99 Å². The quantitative estimate of drug-likeness (QED) is 0.223. The third-order valence-corrected chi connectivity index (χ3v) is 4.81. The fourth-order valence-electron chi connectivity index (χ4n) is 3.10. The first kappa shape index (κ1) is 28.8. The Balaban J connectivity index is 0.00000544. The number of nitrogens with one attached hydrogen (secondary N) is 2. The second-order valence-electron chi connectivity index (χ2n) is 7.66. The maximum atomic E-state index is 5.83. The fourth-order valence-corrected chi connectivity index (χ4v) is 3.10. The SMILES string of the molecule is CCOc1ccc(C(C)NC(=NC)NCc2cccc(OCCN(C)C)c2)cc1OCC.I. The third-order valence-electron chi connectivity index (χ3n) is 4.81. The largest absolute Gasteiger partial charge is 0.492 e. The lowest BCUT2D eigenvalue weighted by molar-refractivity contribution is 0.261. The van der Waals surface area contributed by atoms with E-state index in [4.69, 9.17) is 14.2 Å². The van der Waals surface area contributed by atoms with E-state index in [2.05, 4.69) is 39.6 Å². The number of hydrogen-bond donors (Lipinski definition) is 2. The van der Waals surface area contributed by atoms with Crippen LogP contribution in [-0.2, 0) is 6.54 Å². The lowest BCUT2D eigenvalue weighted by Crippen LogP contribution is -2.38. The van der Waals surface area contributed by atoms with Gasteiger partial charge < -0.3 is 29.7 Å². The number of aliphatic imine (C=N–C) groups is 1. The van der Waals surface area contributed by atoms with E-state index in [1.807, 2.05) is 58.3 Å². The highest BCUT2D eigenvalue weighted by Crippen LogP contribution is 2.30. The molecule has 1 unspecified atom stereocenters. The molecule has 0 saturated carbocycles. The molecule has 2 N–H and O–H groups in total. The number of nitrogens with zero attached hydrogens (tertiary/aromatic N) is 2. The number of rotatable bonds is 12. The van der Waals surface area contributed by atoms with Crippen molar-refractivity contribution in [3.63, 3.8) is 0 Å². The minimum Gasteiger partial charge on any atom is -0.492 e. The molecule has 0 aromatic heterocycles. The van der Waals surface area contributed by atoms with Crippen LogP contribution in [0.3, 0.4) is 0 Å². The van der Waals surface area contributed by atoms with E-state index < -0.39 is 0 Å². The summed E-state index contributed by atoms with van der Waals surface area (Å²) in [6.45, 7) is 9.41. The predicted octanol–water partition coefficient (Wildman–Crippen LogP) is 4.47. The summed E-state index contributed by atoms with van der Waals surface area (Å²) in [5, 5.41) is 6.82. The van der Waals surface area contributed by atoms with Crippen molar-refractivity contribution < 1.29 is 14.2 Å². The topological polar surface area (TPSA) is 67.3 Å². The first-order chi connectivity index (χ1) is 15.5. The average Bonchev–Trinajstić information content (AvgIpc) is 2.78. The fraction of sp³-hybridized carbons (Fsp3) is 0.480. The maximum Gasteiger partial charge on any atom is 0.191 e. The highest BCUT2D eigenvalue weighted by molar-refractivity contribution is 14.0. The molecule has 0 aliphatic carbocycles. The van der Waals surface area contributed by atoms with Crippen molar-refractivity contribution in [2.45, 2.75) is 33.4 Å². The Hall–Kier alpha value is -2.20. The van der Waals surface area contributed by atoms with Crippen molar-refractivity contribution in [1.29, 1.82) is 0 Å². The number of benzene rings is 2. The summed E-state index contributed by atoms with van der Waals surface area (Å²) in [6, 6.07) is 14.2. The smallest absolute Gasteiger partial charge is 0.191 e. The van der Waals surface area contributed by atoms with E-state index in [9.17, 15) is 0 Å². The molecule has 0 aliphatic rings. The van der Waals surface area contributed by atoms with Gasteiger partial charge >= 0.3 is 0 Å². The molecule has 184 valence electrons. The van der Waals surface area contributed by atoms with Crippen LogP contribution in [0.25, 0.3) is 0 Å². The Morgan fingerprint density at radius 2 is 1.73 bits per heavy atom. The van der Waals surface area contributed by atoms with Crippen molar-refractivity contribution >= 4 is 29.9 Å². The molecule has 0 radical (unpaired) electrons. The number of hydrogen-bond acceptors (Lipinski definition) is 5. The zero-order valence-electron chi connectivity index (χ0n) is 20.7. The van der Waals surface area contributed by atoms with Gasteiger partial charge in [-0.05, 0) is 70.3 Å². The predicted molar refractivity (Wildman–Crippen MR) is 146 cm³/mol. The maximum absolute atomic E-state index is 5.83. The standard InChI is InChI=1S/C25H38N4O3.HI/c1-7-30-23-13-12-21(17-24(23)31-8-2)19(3)28-25(26-4)27-18-20-10-9-11-22(16-20)32-15-14-29(5)6;/h9-13,16-17,19H,7-8,14-15,18H2,1-6H3,(H2,26,27,28);1H. The van der Waals surface area contributed by atoms with Gasteiger partial charge in [-0.15, -0.1) is 24.0 Å². The number of guanidine groups is 1. The van der Waals surface area contributed by atoms with Gasteiger partial charge in [-0.25, -0.2) is 0 Å². The third kappa shape index (κ3) is 10.1. The molecule has 0 aliphatic heterocycles. The normalized spacial score (nSPS) is 12.0. The zero-order chi connectivity index (χ0) is 23.3. The lowest BCUT2D eigenvalue weighted by Gasteiger charge is -2.20. The Morgan fingerprint density at radius 1 is 1.00 bits per heavy atom. The van der Waals surface area contributed by atoms with E-state index in [0.29, 0.717) is 26.4 Å². The van der Waals surface area contributed by atoms with Gasteiger partial charge in [-0.1, -0.05) is 18.2 Å². The molecule has 1 atom stereocenters. The number of halogens is 1. The van der Waals surface area contributed by atoms with Crippen LogP contribution < -0.4 is 24.8 Å². The molecule has 33 heavy (non-hydrogen) atoms. The van der Waals surface area contributed by atoms with Gasteiger partial charge in [-0.3, -0.25) is 4.99 Å². The summed E-state index contributed by atoms with van der Waals surface area (Å²) < 4.78 is 17.3. The Labute approximate surface area is 215 Å². The van der Waals surface area contributed by atoms with E-state index in [0.717, 1.165) is 40.9 Å². The summed E-state index contributed by atoms with van der Waals surface area (Å²) in [5.74, 6) is 3.12. The van der Waals surface area contributed by atoms with Crippen LogP contribution in [0.2, 0.25) is 0 Å². The Bertz CT molecular complexity index is 861. The van der Waals surface area contributed by atoms with Crippen LogP contribution in [0.5, 0.6) is 17.2 Å². The van der Waals surface area contributed by atoms with Crippen LogP contribution in [0.4, 0.5) is 0 Å². The molecule has 2 aromatic carbocycles. The van der Waals surface area contributed by atoms with Crippen LogP contribution >= 0.6 is 24.0 Å². The van der Waals surface area contributed by atoms with E-state index >= 15 is 0 Å². The molecule has 8 heteroatoms. The lowest BCUT2D eigenvalue weighted by atomic mass is 10.1. The first-order valence-corrected chi connectivity index (χ1v) is 11.2. The molecule has 2 rings (SSSR count). The van der Waals surface area contributed by atoms with Gasteiger partial charge in [0.15, 0.2) is 17.5 Å². The van der Waals surface area contributed by atoms with Crippen LogP contribution in [-0.4, -0.2) is 58.4 Å². The van der Waals surface area contributed by atoms with Gasteiger partial charge in [0.2, 0.25) is 0 Å². The zero-order valence-corrected chi connectivity index (χ0v) is 23.0. The molecule has 0 amide bonds. The summed E-state index contributed by atoms with van der Waals surface area (Å²) in [6.07, 6.45) is 0. The number of likely N-dealkylation sites (N-methyl/N-ethyl adjacent to an activating group) is 1. The minimum atomic E-state index is 0. The van der Waals surface area contributed by atoms with Crippen LogP contribution in [0.15, 0.2) is 47.5 Å². The van der Waals surface area contributed by atoms with Gasteiger partial charge in [-0.2, -0.15) is 0 Å². The van der Waals surface area contributed by atoms with E-state index in [-0.39, 0.29) is 30.0 Å². The molecular weight excluding hydrogens is 531 g/mol. The van der Waals surface area contributed by atoms with Crippen LogP contribution in [0.1, 0.15) is 37.9 Å². The minimum absolute atomic E-state index is 0. The highest BCUT2D eigenvalue weighted by Gasteiger charge is 2.12. The molecule has 0 heterocycles. The van der Waals surface area contributed by atoms with Crippen molar-refractivity contribution in [3.8, 4) is 17.2 Å². The molecule has 0 bridgehead atoms. The highest BCUT2D eigenvalue weighted by atomic mass is 127. The van der Waals surface area contributed by atoms with E-state index in [1.54, 1.807) is 7.05 Å². The van der Waals surface area contributed by atoms with Crippen molar-refractivity contribution in [3.05, 3.63) is 53.6 Å². The molecule has 0 fully saturated rings. The van der Waals surface area contributed by atoms with Crippen molar-refractivity contribution in [2.75, 3.05) is 47.5 Å². The Kier molecular flexibility index (Phi) is 13.6. The summed E-state index contributed by atoms with van der Waals surface area (Å²) in [5.41, 5.74) is 2.22. The second kappa shape index (κ2) is 15.6. The summed E-state index contributed by atoms with van der Waals surface area (Å²) in [7, 11) is 5.84. The van der Waals surface area contributed by atoms with Gasteiger partial charge in [0.25, 0.3) is 0 Å². The second-order valence-corrected chi connectivity index (χ2v) is 7.66. The first-order valence-electron chi connectivity index (χ1n) is 11.2. The molecular formula is C25H39IN4O3. The summed E-state index contributed by atoms with van der Waals surface area (Å²) in [4.78, 5) is 6.47. The number of ether oxygens (including phenoxy) is 3. The monoisotopic (exact) mass is 570 g/mol. The molecule has 2 aromatic rings. The molecule has 0 saturated heterocycles. The van der Waals surface area contributed by atoms with E-state index in [1.165, 1.54) is 0 Å². The van der Waals surface area contributed by atoms with Gasteiger partial charge in [0.05, 0.1) is 19.3 Å². The average molecular weight is 571 g/mol. The molecule has 7 nitrogen and oxygen atoms in total. The van der Waals surface area contributed by atoms with Gasteiger partial charge in [0, 0.05) is 20.1 Å². The van der Waals surface area contributed by atoms with Gasteiger partial charge in [0.1, 0.15) is 12.4 Å². The Morgan fingerprint density at radius 3 is 2.39 bits per heavy atom. The van der Waals surface area contributed by atoms with Crippen molar-refractivity contribution in [1.82, 2.24) is 15.5 Å².